The lowest BCUT2D eigenvalue weighted by Crippen LogP contribution is -1.95. The fourth-order valence-corrected chi connectivity index (χ4v) is 0.550. The van der Waals surface area contributed by atoms with Crippen LogP contribution >= 0.6 is 24.8 Å². The van der Waals surface area contributed by atoms with E-state index in [1.807, 2.05) is 0 Å². The minimum absolute atomic E-state index is 0. The van der Waals surface area contributed by atoms with Gasteiger partial charge in [0.05, 0.1) is 12.8 Å². The van der Waals surface area contributed by atoms with Gasteiger partial charge in [-0.2, -0.15) is 0 Å². The zero-order chi connectivity index (χ0) is 6.69. The van der Waals surface area contributed by atoms with Gasteiger partial charge in [-0.3, -0.25) is 5.10 Å². The third kappa shape index (κ3) is 3.46. The molecule has 0 aliphatic heterocycles. The van der Waals surface area contributed by atoms with E-state index in [1.54, 1.807) is 13.2 Å². The summed E-state index contributed by atoms with van der Waals surface area (Å²) in [6.45, 7) is 0.469. The number of nitrogens with zero attached hydrogens (tertiary/aromatic N) is 1. The van der Waals surface area contributed by atoms with Crippen molar-refractivity contribution < 1.29 is 4.74 Å². The first kappa shape index (κ1) is 13.2. The van der Waals surface area contributed by atoms with Crippen LogP contribution in [0, 0.1) is 0 Å². The summed E-state index contributed by atoms with van der Waals surface area (Å²) < 4.78 is 4.80. The van der Waals surface area contributed by atoms with Gasteiger partial charge in [0.25, 0.3) is 0 Å². The molecule has 0 unspecified atom stereocenters. The second kappa shape index (κ2) is 6.27. The fourth-order valence-electron chi connectivity index (χ4n) is 0.550. The summed E-state index contributed by atoms with van der Waals surface area (Å²) in [4.78, 5) is 0. The zero-order valence-electron chi connectivity index (χ0n) is 6.03. The first-order chi connectivity index (χ1) is 4.36. The summed E-state index contributed by atoms with van der Waals surface area (Å²) in [5.74, 6) is 0.579. The van der Waals surface area contributed by atoms with Crippen LogP contribution in [0.4, 0.5) is 0 Å². The van der Waals surface area contributed by atoms with Crippen molar-refractivity contribution in [3.8, 4) is 5.88 Å². The highest BCUT2D eigenvalue weighted by Crippen LogP contribution is 2.04. The fraction of sp³-hybridized carbons (Fsp3) is 0.400. The quantitative estimate of drug-likeness (QED) is 0.739. The molecule has 0 aromatic carbocycles. The largest absolute Gasteiger partial charge is 0.480 e. The van der Waals surface area contributed by atoms with Crippen molar-refractivity contribution >= 4 is 24.8 Å². The average Bonchev–Trinajstić information content (AvgIpc) is 2.34. The van der Waals surface area contributed by atoms with Crippen molar-refractivity contribution in [1.82, 2.24) is 10.2 Å². The van der Waals surface area contributed by atoms with Gasteiger partial charge in [-0.15, -0.1) is 29.9 Å². The molecule has 0 spiro atoms. The number of hydrogen-bond acceptors (Lipinski definition) is 3. The molecular weight excluding hydrogens is 189 g/mol. The second-order valence-electron chi connectivity index (χ2n) is 1.64. The molecule has 3 N–H and O–H groups in total. The van der Waals surface area contributed by atoms with E-state index in [9.17, 15) is 0 Å². The lowest BCUT2D eigenvalue weighted by Gasteiger charge is -1.85. The Bertz CT molecular complexity index is 173. The van der Waals surface area contributed by atoms with Crippen LogP contribution in [0.5, 0.6) is 5.88 Å². The molecule has 0 fully saturated rings. The molecule has 1 heterocycles. The van der Waals surface area contributed by atoms with E-state index < -0.39 is 0 Å². The van der Waals surface area contributed by atoms with Crippen molar-refractivity contribution in [2.24, 2.45) is 5.73 Å². The molecule has 1 aromatic heterocycles. The summed E-state index contributed by atoms with van der Waals surface area (Å²) in [6.07, 6.45) is 0. The number of methoxy groups -OCH3 is 1. The van der Waals surface area contributed by atoms with E-state index in [4.69, 9.17) is 10.5 Å². The number of halogens is 2. The predicted molar refractivity (Wildman–Crippen MR) is 47.5 cm³/mol. The van der Waals surface area contributed by atoms with Gasteiger partial charge in [0, 0.05) is 12.6 Å². The molecule has 0 aliphatic carbocycles. The number of aromatic amines is 1. The summed E-state index contributed by atoms with van der Waals surface area (Å²) in [6, 6.07) is 1.76. The van der Waals surface area contributed by atoms with Crippen molar-refractivity contribution in [2.45, 2.75) is 6.54 Å². The Morgan fingerprint density at radius 1 is 1.64 bits per heavy atom. The summed E-state index contributed by atoms with van der Waals surface area (Å²) >= 11 is 0. The smallest absolute Gasteiger partial charge is 0.232 e. The standard InChI is InChI=1S/C5H9N3O.2ClH/c1-9-5-2-4(3-6)7-8-5;;/h2H,3,6H2,1H3,(H,7,8);2*1H. The van der Waals surface area contributed by atoms with Gasteiger partial charge in [-0.25, -0.2) is 0 Å². The SMILES string of the molecule is COc1cc(CN)[nH]n1.Cl.Cl. The Morgan fingerprint density at radius 2 is 2.27 bits per heavy atom. The second-order valence-corrected chi connectivity index (χ2v) is 1.64. The first-order valence-electron chi connectivity index (χ1n) is 2.65. The van der Waals surface area contributed by atoms with E-state index in [0.29, 0.717) is 12.4 Å². The number of ether oxygens (including phenoxy) is 1. The van der Waals surface area contributed by atoms with Crippen LogP contribution in [0.3, 0.4) is 0 Å². The molecule has 66 valence electrons. The number of rotatable bonds is 2. The average molecular weight is 200 g/mol. The van der Waals surface area contributed by atoms with Crippen LogP contribution in [-0.4, -0.2) is 17.3 Å². The number of nitrogens with two attached hydrogens (primary N) is 1. The number of nitrogens with one attached hydrogen (secondary N) is 1. The Morgan fingerprint density at radius 3 is 2.55 bits per heavy atom. The summed E-state index contributed by atoms with van der Waals surface area (Å²) in [7, 11) is 1.57. The van der Waals surface area contributed by atoms with E-state index in [0.717, 1.165) is 5.69 Å². The van der Waals surface area contributed by atoms with E-state index in [-0.39, 0.29) is 24.8 Å². The third-order valence-corrected chi connectivity index (χ3v) is 1.04. The minimum atomic E-state index is 0. The number of hydrogen-bond donors (Lipinski definition) is 2. The molecule has 1 aromatic rings. The van der Waals surface area contributed by atoms with E-state index in [1.165, 1.54) is 0 Å². The van der Waals surface area contributed by atoms with Gasteiger partial charge in [0.15, 0.2) is 0 Å². The van der Waals surface area contributed by atoms with Gasteiger partial charge in [-0.05, 0) is 0 Å². The molecule has 0 saturated carbocycles. The third-order valence-electron chi connectivity index (χ3n) is 1.04. The molecule has 0 bridgehead atoms. The van der Waals surface area contributed by atoms with Crippen molar-refractivity contribution in [3.05, 3.63) is 11.8 Å². The molecule has 11 heavy (non-hydrogen) atoms. The Kier molecular flexibility index (Phi) is 7.51. The maximum Gasteiger partial charge on any atom is 0.232 e. The van der Waals surface area contributed by atoms with Crippen LogP contribution in [-0.2, 0) is 6.54 Å². The zero-order valence-corrected chi connectivity index (χ0v) is 7.67. The minimum Gasteiger partial charge on any atom is -0.480 e. The molecule has 0 amide bonds. The Balaban J connectivity index is 0. The molecule has 0 aliphatic rings. The number of aromatic nitrogens is 2. The highest BCUT2D eigenvalue weighted by Gasteiger charge is 1.95. The molecular formula is C5H11Cl2N3O. The molecule has 0 saturated heterocycles. The highest BCUT2D eigenvalue weighted by atomic mass is 35.5. The molecule has 1 rings (SSSR count). The predicted octanol–water partition coefficient (Wildman–Crippen LogP) is 0.721. The van der Waals surface area contributed by atoms with Gasteiger partial charge in [0.1, 0.15) is 0 Å². The van der Waals surface area contributed by atoms with Crippen LogP contribution < -0.4 is 10.5 Å². The van der Waals surface area contributed by atoms with Crippen LogP contribution in [0.2, 0.25) is 0 Å². The van der Waals surface area contributed by atoms with E-state index in [2.05, 4.69) is 10.2 Å². The van der Waals surface area contributed by atoms with Gasteiger partial charge in [0.2, 0.25) is 5.88 Å². The van der Waals surface area contributed by atoms with Gasteiger partial charge in [-0.1, -0.05) is 0 Å². The Labute approximate surface area is 77.3 Å². The molecule has 0 radical (unpaired) electrons. The van der Waals surface area contributed by atoms with Gasteiger partial charge >= 0.3 is 0 Å². The molecule has 4 nitrogen and oxygen atoms in total. The monoisotopic (exact) mass is 199 g/mol. The first-order valence-corrected chi connectivity index (χ1v) is 2.65. The maximum atomic E-state index is 5.29. The van der Waals surface area contributed by atoms with Crippen LogP contribution in [0.15, 0.2) is 6.07 Å². The lowest BCUT2D eigenvalue weighted by molar-refractivity contribution is 0.397. The summed E-state index contributed by atoms with van der Waals surface area (Å²) in [5, 5.41) is 6.48. The van der Waals surface area contributed by atoms with Crippen molar-refractivity contribution in [2.75, 3.05) is 7.11 Å². The summed E-state index contributed by atoms with van der Waals surface area (Å²) in [5.41, 5.74) is 6.17. The van der Waals surface area contributed by atoms with Gasteiger partial charge < -0.3 is 10.5 Å². The van der Waals surface area contributed by atoms with Crippen LogP contribution in [0.1, 0.15) is 5.69 Å². The molecule has 0 atom stereocenters. The van der Waals surface area contributed by atoms with E-state index >= 15 is 0 Å². The maximum absolute atomic E-state index is 5.29. The number of H-pyrrole nitrogens is 1. The van der Waals surface area contributed by atoms with Crippen molar-refractivity contribution in [1.29, 1.82) is 0 Å². The molecule has 6 heteroatoms. The topological polar surface area (TPSA) is 63.9 Å². The lowest BCUT2D eigenvalue weighted by atomic mass is 10.4. The van der Waals surface area contributed by atoms with Crippen LogP contribution in [0.25, 0.3) is 0 Å². The van der Waals surface area contributed by atoms with Crippen molar-refractivity contribution in [3.63, 3.8) is 0 Å². The normalized spacial score (nSPS) is 7.82. The highest BCUT2D eigenvalue weighted by molar-refractivity contribution is 5.85. The Hall–Kier alpha value is -0.450.